The lowest BCUT2D eigenvalue weighted by molar-refractivity contribution is 0.0999. The highest BCUT2D eigenvalue weighted by Crippen LogP contribution is 2.24. The average molecular weight is 440 g/mol. The van der Waals surface area contributed by atoms with Gasteiger partial charge < -0.3 is 15.2 Å². The zero-order valence-corrected chi connectivity index (χ0v) is 19.5. The van der Waals surface area contributed by atoms with Gasteiger partial charge >= 0.3 is 0 Å². The van der Waals surface area contributed by atoms with E-state index in [1.165, 1.54) is 16.7 Å². The molecule has 0 radical (unpaired) electrons. The van der Waals surface area contributed by atoms with E-state index in [2.05, 4.69) is 13.8 Å². The number of amides is 1. The number of carbonyl (C=O) groups excluding carboxylic acids is 1. The van der Waals surface area contributed by atoms with Gasteiger partial charge in [-0.1, -0.05) is 59.2 Å². The summed E-state index contributed by atoms with van der Waals surface area (Å²) in [4.78, 5) is 11.2. The summed E-state index contributed by atoms with van der Waals surface area (Å²) in [5.74, 6) is 2.66. The van der Waals surface area contributed by atoms with Crippen LogP contribution in [0.3, 0.4) is 0 Å². The molecular weight excluding hydrogens is 410 g/mol. The van der Waals surface area contributed by atoms with E-state index >= 15 is 0 Å². The molecule has 0 aliphatic heterocycles. The molecule has 0 unspecified atom stereocenters. The molecule has 0 saturated heterocycles. The van der Waals surface area contributed by atoms with Crippen molar-refractivity contribution in [2.45, 2.75) is 27.7 Å². The highest BCUT2D eigenvalue weighted by Gasteiger charge is 2.07. The molecular formula is C29H29NO3. The van der Waals surface area contributed by atoms with Gasteiger partial charge in [-0.2, -0.15) is 0 Å². The molecule has 4 rings (SSSR count). The third-order valence-corrected chi connectivity index (χ3v) is 5.01. The first kappa shape index (κ1) is 23.6. The topological polar surface area (TPSA) is 61.5 Å². The van der Waals surface area contributed by atoms with E-state index in [-0.39, 0.29) is 0 Å². The van der Waals surface area contributed by atoms with E-state index < -0.39 is 5.91 Å². The summed E-state index contributed by atoms with van der Waals surface area (Å²) in [5.41, 5.74) is 10.3. The molecule has 4 aromatic carbocycles. The van der Waals surface area contributed by atoms with Crippen LogP contribution >= 0.6 is 0 Å². The molecule has 1 amide bonds. The van der Waals surface area contributed by atoms with Crippen molar-refractivity contribution in [3.8, 4) is 23.0 Å². The van der Waals surface area contributed by atoms with Crippen LogP contribution in [0.4, 0.5) is 0 Å². The third kappa shape index (κ3) is 7.25. The fraction of sp³-hybridized carbons (Fsp3) is 0.138. The molecule has 0 saturated carbocycles. The maximum atomic E-state index is 11.2. The van der Waals surface area contributed by atoms with Crippen LogP contribution < -0.4 is 15.2 Å². The standard InChI is InChI=1S/C15H15NO2.C14H14O/c1-10-3-6-12(7-4-10)18-13-8-5-11(2)14(9-13)15(16)17;1-11-3-7-13(8-4-11)15-14-9-5-12(2)6-10-14/h3-9H,1-2H3,(H2,16,17);3-10H,1-2H3. The van der Waals surface area contributed by atoms with Crippen molar-refractivity contribution in [2.24, 2.45) is 5.73 Å². The largest absolute Gasteiger partial charge is 0.457 e. The first-order valence-corrected chi connectivity index (χ1v) is 10.8. The van der Waals surface area contributed by atoms with Gasteiger partial charge in [-0.05, 0) is 81.8 Å². The highest BCUT2D eigenvalue weighted by atomic mass is 16.5. The van der Waals surface area contributed by atoms with Crippen LogP contribution in [0.15, 0.2) is 91.0 Å². The molecule has 0 aliphatic rings. The highest BCUT2D eigenvalue weighted by molar-refractivity contribution is 5.94. The molecule has 4 nitrogen and oxygen atoms in total. The predicted octanol–water partition coefficient (Wildman–Crippen LogP) is 7.29. The van der Waals surface area contributed by atoms with Crippen LogP contribution in [-0.4, -0.2) is 5.91 Å². The number of hydrogen-bond acceptors (Lipinski definition) is 3. The van der Waals surface area contributed by atoms with Gasteiger partial charge in [-0.3, -0.25) is 4.79 Å². The molecule has 0 bridgehead atoms. The Hall–Kier alpha value is -4.05. The second-order valence-corrected chi connectivity index (χ2v) is 7.98. The van der Waals surface area contributed by atoms with Crippen LogP contribution in [0.1, 0.15) is 32.6 Å². The molecule has 4 heteroatoms. The van der Waals surface area contributed by atoms with Crippen LogP contribution in [0.2, 0.25) is 0 Å². The van der Waals surface area contributed by atoms with Crippen molar-refractivity contribution in [1.29, 1.82) is 0 Å². The van der Waals surface area contributed by atoms with Crippen molar-refractivity contribution < 1.29 is 14.3 Å². The number of aryl methyl sites for hydroxylation is 4. The van der Waals surface area contributed by atoms with Crippen LogP contribution in [0, 0.1) is 27.7 Å². The van der Waals surface area contributed by atoms with Gasteiger partial charge in [0, 0.05) is 5.56 Å². The molecule has 0 atom stereocenters. The fourth-order valence-corrected chi connectivity index (χ4v) is 3.02. The Morgan fingerprint density at radius 1 is 0.545 bits per heavy atom. The molecule has 0 aromatic heterocycles. The number of rotatable bonds is 5. The summed E-state index contributed by atoms with van der Waals surface area (Å²) in [6, 6.07) is 29.1. The second kappa shape index (κ2) is 11.0. The van der Waals surface area contributed by atoms with Gasteiger partial charge in [-0.15, -0.1) is 0 Å². The number of benzene rings is 4. The first-order valence-electron chi connectivity index (χ1n) is 10.8. The maximum Gasteiger partial charge on any atom is 0.249 e. The molecule has 33 heavy (non-hydrogen) atoms. The van der Waals surface area contributed by atoms with Crippen molar-refractivity contribution in [2.75, 3.05) is 0 Å². The van der Waals surface area contributed by atoms with Gasteiger partial charge in [0.15, 0.2) is 0 Å². The summed E-state index contributed by atoms with van der Waals surface area (Å²) in [7, 11) is 0. The Kier molecular flexibility index (Phi) is 7.87. The Morgan fingerprint density at radius 3 is 1.24 bits per heavy atom. The molecule has 168 valence electrons. The second-order valence-electron chi connectivity index (χ2n) is 7.98. The van der Waals surface area contributed by atoms with Crippen LogP contribution in [-0.2, 0) is 0 Å². The third-order valence-electron chi connectivity index (χ3n) is 5.01. The minimum Gasteiger partial charge on any atom is -0.457 e. The Labute approximate surface area is 195 Å². The predicted molar refractivity (Wildman–Crippen MR) is 133 cm³/mol. The maximum absolute atomic E-state index is 11.2. The van der Waals surface area contributed by atoms with E-state index in [4.69, 9.17) is 15.2 Å². The molecule has 0 spiro atoms. The lowest BCUT2D eigenvalue weighted by Crippen LogP contribution is -2.12. The summed E-state index contributed by atoms with van der Waals surface area (Å²) in [5, 5.41) is 0. The summed E-state index contributed by atoms with van der Waals surface area (Å²) in [6.45, 7) is 7.99. The smallest absolute Gasteiger partial charge is 0.249 e. The van der Waals surface area contributed by atoms with Crippen molar-refractivity contribution in [1.82, 2.24) is 0 Å². The molecule has 4 aromatic rings. The number of carbonyl (C=O) groups is 1. The quantitative estimate of drug-likeness (QED) is 0.355. The molecule has 0 heterocycles. The van der Waals surface area contributed by atoms with Crippen molar-refractivity contribution in [3.05, 3.63) is 119 Å². The number of ether oxygens (including phenoxy) is 2. The zero-order chi connectivity index (χ0) is 23.8. The van der Waals surface area contributed by atoms with E-state index in [9.17, 15) is 4.79 Å². The summed E-state index contributed by atoms with van der Waals surface area (Å²) in [6.07, 6.45) is 0. The van der Waals surface area contributed by atoms with Crippen LogP contribution in [0.25, 0.3) is 0 Å². The minimum absolute atomic E-state index is 0.443. The van der Waals surface area contributed by atoms with Gasteiger partial charge in [-0.25, -0.2) is 0 Å². The zero-order valence-electron chi connectivity index (χ0n) is 19.5. The normalized spacial score (nSPS) is 10.1. The van der Waals surface area contributed by atoms with E-state index in [1.807, 2.05) is 98.8 Å². The molecule has 0 aliphatic carbocycles. The monoisotopic (exact) mass is 439 g/mol. The number of nitrogens with two attached hydrogens (primary N) is 1. The summed E-state index contributed by atoms with van der Waals surface area (Å²) < 4.78 is 11.4. The number of hydrogen-bond donors (Lipinski definition) is 1. The van der Waals surface area contributed by atoms with Crippen molar-refractivity contribution >= 4 is 5.91 Å². The minimum atomic E-state index is -0.443. The number of primary amides is 1. The van der Waals surface area contributed by atoms with E-state index in [0.29, 0.717) is 11.3 Å². The molecule has 0 fully saturated rings. The van der Waals surface area contributed by atoms with Crippen LogP contribution in [0.5, 0.6) is 23.0 Å². The SMILES string of the molecule is Cc1ccc(Oc2ccc(C)c(C(N)=O)c2)cc1.Cc1ccc(Oc2ccc(C)cc2)cc1. The Bertz CT molecular complexity index is 1150. The average Bonchev–Trinajstić information content (AvgIpc) is 2.80. The lowest BCUT2D eigenvalue weighted by atomic mass is 10.1. The summed E-state index contributed by atoms with van der Waals surface area (Å²) >= 11 is 0. The van der Waals surface area contributed by atoms with Crippen molar-refractivity contribution in [3.63, 3.8) is 0 Å². The van der Waals surface area contributed by atoms with Gasteiger partial charge in [0.05, 0.1) is 0 Å². The fourth-order valence-electron chi connectivity index (χ4n) is 3.02. The lowest BCUT2D eigenvalue weighted by Gasteiger charge is -2.08. The Morgan fingerprint density at radius 2 is 0.879 bits per heavy atom. The van der Waals surface area contributed by atoms with Gasteiger partial charge in [0.25, 0.3) is 0 Å². The van der Waals surface area contributed by atoms with E-state index in [1.54, 1.807) is 6.07 Å². The van der Waals surface area contributed by atoms with Gasteiger partial charge in [0.1, 0.15) is 23.0 Å². The van der Waals surface area contributed by atoms with Gasteiger partial charge in [0.2, 0.25) is 5.91 Å². The first-order chi connectivity index (χ1) is 15.8. The van der Waals surface area contributed by atoms with E-state index in [0.717, 1.165) is 22.8 Å². The Balaban J connectivity index is 0.000000189. The molecule has 2 N–H and O–H groups in total.